The average molecular weight is 397 g/mol. The zero-order valence-electron chi connectivity index (χ0n) is 16.8. The van der Waals surface area contributed by atoms with E-state index in [1.165, 1.54) is 27.1 Å². The molecule has 2 aromatic rings. The van der Waals surface area contributed by atoms with Crippen molar-refractivity contribution in [1.82, 2.24) is 15.5 Å². The van der Waals surface area contributed by atoms with Gasteiger partial charge in [-0.2, -0.15) is 0 Å². The maximum Gasteiger partial charge on any atom is 0.242 e. The molecule has 0 fully saturated rings. The smallest absolute Gasteiger partial charge is 0.242 e. The number of rotatable bonds is 5. The molecule has 0 spiro atoms. The van der Waals surface area contributed by atoms with E-state index in [0.29, 0.717) is 19.0 Å². The minimum atomic E-state index is 0.0950. The first kappa shape index (κ1) is 20.3. The summed E-state index contributed by atoms with van der Waals surface area (Å²) in [6, 6.07) is 14.8. The molecule has 1 amide bonds. The number of fused-ring (bicyclic) bond motifs is 1. The summed E-state index contributed by atoms with van der Waals surface area (Å²) in [4.78, 5) is 20.0. The molecule has 1 aliphatic heterocycles. The first-order valence-corrected chi connectivity index (χ1v) is 10.8. The molecule has 0 unspecified atom stereocenters. The molecule has 1 heterocycles. The second kappa shape index (κ2) is 9.64. The number of benzene rings is 2. The van der Waals surface area contributed by atoms with Crippen LogP contribution < -0.4 is 10.6 Å². The molecule has 2 aromatic carbocycles. The Kier molecular flexibility index (Phi) is 6.98. The summed E-state index contributed by atoms with van der Waals surface area (Å²) in [7, 11) is 1.72. The Morgan fingerprint density at radius 2 is 1.96 bits per heavy atom. The maximum atomic E-state index is 12.6. The van der Waals surface area contributed by atoms with E-state index in [1.807, 2.05) is 11.0 Å². The Labute approximate surface area is 171 Å². The van der Waals surface area contributed by atoms with E-state index in [1.54, 1.807) is 18.8 Å². The van der Waals surface area contributed by atoms with Crippen molar-refractivity contribution >= 4 is 23.6 Å². The predicted molar refractivity (Wildman–Crippen MR) is 117 cm³/mol. The Morgan fingerprint density at radius 3 is 2.71 bits per heavy atom. The molecule has 0 saturated carbocycles. The molecular formula is C22H28N4OS. The molecule has 1 aliphatic rings. The van der Waals surface area contributed by atoms with Crippen LogP contribution in [0.25, 0.3) is 0 Å². The standard InChI is InChI=1S/C22H28N4OS/c1-16-8-9-18(20(12-16)28-3)13-24-22(23-2)25-14-21(27)26-11-10-17-6-4-5-7-19(17)15-26/h4-9,12H,10-11,13-15H2,1-3H3,(H2,23,24,25). The Morgan fingerprint density at radius 1 is 1.18 bits per heavy atom. The van der Waals surface area contributed by atoms with E-state index < -0.39 is 0 Å². The number of aliphatic imine (C=N–C) groups is 1. The van der Waals surface area contributed by atoms with Crippen LogP contribution in [-0.2, 0) is 24.3 Å². The van der Waals surface area contributed by atoms with Crippen molar-refractivity contribution in [3.8, 4) is 0 Å². The van der Waals surface area contributed by atoms with Gasteiger partial charge >= 0.3 is 0 Å². The van der Waals surface area contributed by atoms with Gasteiger partial charge in [0.1, 0.15) is 0 Å². The number of hydrogen-bond donors (Lipinski definition) is 2. The Balaban J connectivity index is 1.51. The van der Waals surface area contributed by atoms with E-state index in [2.05, 4.69) is 65.2 Å². The quantitative estimate of drug-likeness (QED) is 0.463. The first-order chi connectivity index (χ1) is 13.6. The third kappa shape index (κ3) is 5.07. The van der Waals surface area contributed by atoms with Crippen molar-refractivity contribution in [1.29, 1.82) is 0 Å². The van der Waals surface area contributed by atoms with Gasteiger partial charge in [-0.05, 0) is 47.9 Å². The summed E-state index contributed by atoms with van der Waals surface area (Å²) in [5.41, 5.74) is 5.07. The van der Waals surface area contributed by atoms with Crippen molar-refractivity contribution < 1.29 is 4.79 Å². The van der Waals surface area contributed by atoms with Crippen LogP contribution in [0.15, 0.2) is 52.4 Å². The summed E-state index contributed by atoms with van der Waals surface area (Å²) in [6.07, 6.45) is 3.00. The highest BCUT2D eigenvalue weighted by Gasteiger charge is 2.20. The number of hydrogen-bond acceptors (Lipinski definition) is 3. The van der Waals surface area contributed by atoms with E-state index in [0.717, 1.165) is 13.0 Å². The normalized spacial score (nSPS) is 13.8. The van der Waals surface area contributed by atoms with Crippen molar-refractivity contribution in [3.63, 3.8) is 0 Å². The SMILES string of the molecule is CN=C(NCC(=O)N1CCc2ccccc2C1)NCc1ccc(C)cc1SC. The summed E-state index contributed by atoms with van der Waals surface area (Å²) in [5, 5.41) is 6.46. The van der Waals surface area contributed by atoms with Crippen molar-refractivity contribution in [3.05, 3.63) is 64.7 Å². The van der Waals surface area contributed by atoms with Crippen LogP contribution in [0.4, 0.5) is 0 Å². The third-order valence-electron chi connectivity index (χ3n) is 5.00. The molecule has 3 rings (SSSR count). The summed E-state index contributed by atoms with van der Waals surface area (Å²) in [6.45, 7) is 4.46. The largest absolute Gasteiger partial charge is 0.352 e. The van der Waals surface area contributed by atoms with Gasteiger partial charge in [-0.3, -0.25) is 9.79 Å². The second-order valence-corrected chi connectivity index (χ2v) is 7.78. The number of nitrogens with zero attached hydrogens (tertiary/aromatic N) is 2. The molecule has 0 radical (unpaired) electrons. The lowest BCUT2D eigenvalue weighted by Crippen LogP contribution is -2.45. The lowest BCUT2D eigenvalue weighted by atomic mass is 10.00. The van der Waals surface area contributed by atoms with Crippen LogP contribution in [0.5, 0.6) is 0 Å². The lowest BCUT2D eigenvalue weighted by molar-refractivity contribution is -0.130. The average Bonchev–Trinajstić information content (AvgIpc) is 2.73. The van der Waals surface area contributed by atoms with Crippen LogP contribution >= 0.6 is 11.8 Å². The zero-order chi connectivity index (χ0) is 19.9. The number of carbonyl (C=O) groups excluding carboxylic acids is 1. The summed E-state index contributed by atoms with van der Waals surface area (Å²) < 4.78 is 0. The number of carbonyl (C=O) groups is 1. The van der Waals surface area contributed by atoms with Crippen LogP contribution in [0.3, 0.4) is 0 Å². The van der Waals surface area contributed by atoms with Crippen molar-refractivity contribution in [2.75, 3.05) is 26.4 Å². The van der Waals surface area contributed by atoms with Crippen LogP contribution in [0.1, 0.15) is 22.3 Å². The van der Waals surface area contributed by atoms with E-state index in [9.17, 15) is 4.79 Å². The zero-order valence-corrected chi connectivity index (χ0v) is 17.6. The molecule has 0 saturated heterocycles. The lowest BCUT2D eigenvalue weighted by Gasteiger charge is -2.29. The molecule has 5 nitrogen and oxygen atoms in total. The van der Waals surface area contributed by atoms with Gasteiger partial charge in [0, 0.05) is 31.6 Å². The van der Waals surface area contributed by atoms with Gasteiger partial charge in [0.05, 0.1) is 6.54 Å². The van der Waals surface area contributed by atoms with Crippen LogP contribution in [-0.4, -0.2) is 43.2 Å². The highest BCUT2D eigenvalue weighted by atomic mass is 32.2. The van der Waals surface area contributed by atoms with Crippen molar-refractivity contribution in [2.45, 2.75) is 31.3 Å². The fraction of sp³-hybridized carbons (Fsp3) is 0.364. The predicted octanol–water partition coefficient (Wildman–Crippen LogP) is 2.97. The number of nitrogens with one attached hydrogen (secondary N) is 2. The number of thioether (sulfide) groups is 1. The Bertz CT molecular complexity index is 865. The minimum Gasteiger partial charge on any atom is -0.352 e. The molecule has 0 bridgehead atoms. The highest BCUT2D eigenvalue weighted by molar-refractivity contribution is 7.98. The molecule has 6 heteroatoms. The number of amides is 1. The van der Waals surface area contributed by atoms with Gasteiger partial charge in [-0.1, -0.05) is 36.4 Å². The third-order valence-corrected chi connectivity index (χ3v) is 5.82. The van der Waals surface area contributed by atoms with Gasteiger partial charge < -0.3 is 15.5 Å². The fourth-order valence-corrected chi connectivity index (χ4v) is 4.08. The molecular weight excluding hydrogens is 368 g/mol. The van der Waals surface area contributed by atoms with E-state index in [4.69, 9.17) is 0 Å². The number of guanidine groups is 1. The second-order valence-electron chi connectivity index (χ2n) is 6.93. The molecule has 2 N–H and O–H groups in total. The molecule has 148 valence electrons. The highest BCUT2D eigenvalue weighted by Crippen LogP contribution is 2.21. The maximum absolute atomic E-state index is 12.6. The van der Waals surface area contributed by atoms with E-state index >= 15 is 0 Å². The fourth-order valence-electron chi connectivity index (χ4n) is 3.38. The number of aryl methyl sites for hydroxylation is 1. The Hall–Kier alpha value is -2.47. The van der Waals surface area contributed by atoms with Gasteiger partial charge in [0.25, 0.3) is 0 Å². The first-order valence-electron chi connectivity index (χ1n) is 9.53. The van der Waals surface area contributed by atoms with Crippen LogP contribution in [0, 0.1) is 6.92 Å². The van der Waals surface area contributed by atoms with Gasteiger partial charge in [-0.15, -0.1) is 11.8 Å². The van der Waals surface area contributed by atoms with E-state index in [-0.39, 0.29) is 12.5 Å². The van der Waals surface area contributed by atoms with Crippen molar-refractivity contribution in [2.24, 2.45) is 4.99 Å². The topological polar surface area (TPSA) is 56.7 Å². The molecule has 28 heavy (non-hydrogen) atoms. The summed E-state index contributed by atoms with van der Waals surface area (Å²) in [5.74, 6) is 0.732. The minimum absolute atomic E-state index is 0.0950. The van der Waals surface area contributed by atoms with Gasteiger partial charge in [0.15, 0.2) is 5.96 Å². The summed E-state index contributed by atoms with van der Waals surface area (Å²) >= 11 is 1.74. The molecule has 0 aromatic heterocycles. The van der Waals surface area contributed by atoms with Crippen LogP contribution in [0.2, 0.25) is 0 Å². The monoisotopic (exact) mass is 396 g/mol. The molecule has 0 aliphatic carbocycles. The molecule has 0 atom stereocenters. The van der Waals surface area contributed by atoms with Gasteiger partial charge in [-0.25, -0.2) is 0 Å². The van der Waals surface area contributed by atoms with Gasteiger partial charge in [0.2, 0.25) is 5.91 Å².